The van der Waals surface area contributed by atoms with Crippen LogP contribution in [0.15, 0.2) is 65.7 Å². The summed E-state index contributed by atoms with van der Waals surface area (Å²) in [5.41, 5.74) is 7.08. The lowest BCUT2D eigenvalue weighted by molar-refractivity contribution is -0.384. The molecule has 2 aliphatic heterocycles. The minimum Gasteiger partial charge on any atom is -0.494 e. The molecule has 206 valence electrons. The van der Waals surface area contributed by atoms with E-state index in [2.05, 4.69) is 39.5 Å². The van der Waals surface area contributed by atoms with E-state index in [4.69, 9.17) is 4.99 Å². The van der Waals surface area contributed by atoms with Crippen molar-refractivity contribution in [3.05, 3.63) is 98.6 Å². The topological polar surface area (TPSA) is 107 Å². The number of H-pyrrole nitrogens is 1. The van der Waals surface area contributed by atoms with E-state index >= 15 is 0 Å². The van der Waals surface area contributed by atoms with Gasteiger partial charge in [0.15, 0.2) is 5.88 Å². The number of nitro benzene ring substituents is 1. The Morgan fingerprint density at radius 1 is 1.00 bits per heavy atom. The number of aromatic nitrogens is 1. The monoisotopic (exact) mass is 537 g/mol. The van der Waals surface area contributed by atoms with Crippen LogP contribution in [-0.4, -0.2) is 51.8 Å². The zero-order valence-corrected chi connectivity index (χ0v) is 22.7. The molecule has 1 saturated heterocycles. The predicted molar refractivity (Wildman–Crippen MR) is 159 cm³/mol. The molecule has 8 nitrogen and oxygen atoms in total. The molecule has 0 spiro atoms. The maximum absolute atomic E-state index is 11.5. The summed E-state index contributed by atoms with van der Waals surface area (Å²) in [7, 11) is 0. The lowest BCUT2D eigenvalue weighted by Crippen LogP contribution is -2.30. The average molecular weight is 538 g/mol. The van der Waals surface area contributed by atoms with Crippen LogP contribution < -0.4 is 5.32 Å². The molecule has 0 unspecified atom stereocenters. The number of likely N-dealkylation sites (tertiary alicyclic amines) is 1. The molecule has 3 heterocycles. The molecular weight excluding hydrogens is 502 g/mol. The van der Waals surface area contributed by atoms with Gasteiger partial charge >= 0.3 is 0 Å². The maximum atomic E-state index is 11.5. The van der Waals surface area contributed by atoms with Gasteiger partial charge in [-0.05, 0) is 93.2 Å². The van der Waals surface area contributed by atoms with Crippen LogP contribution in [0.25, 0.3) is 10.9 Å². The summed E-state index contributed by atoms with van der Waals surface area (Å²) >= 11 is 0. The van der Waals surface area contributed by atoms with Crippen molar-refractivity contribution in [3.63, 3.8) is 0 Å². The molecule has 1 fully saturated rings. The molecule has 0 radical (unpaired) electrons. The van der Waals surface area contributed by atoms with Gasteiger partial charge in [-0.15, -0.1) is 0 Å². The van der Waals surface area contributed by atoms with Crippen LogP contribution in [0.1, 0.15) is 53.5 Å². The van der Waals surface area contributed by atoms with E-state index in [1.54, 1.807) is 6.07 Å². The zero-order chi connectivity index (χ0) is 27.5. The van der Waals surface area contributed by atoms with Gasteiger partial charge < -0.3 is 20.3 Å². The molecule has 4 aromatic rings. The number of nitrogens with one attached hydrogen (secondary N) is 2. The van der Waals surface area contributed by atoms with Crippen molar-refractivity contribution in [2.75, 3.05) is 26.2 Å². The Morgan fingerprint density at radius 2 is 1.82 bits per heavy atom. The first-order valence-electron chi connectivity index (χ1n) is 14.3. The molecule has 2 aliphatic rings. The second-order valence-corrected chi connectivity index (χ2v) is 10.9. The highest BCUT2D eigenvalue weighted by molar-refractivity contribution is 6.22. The van der Waals surface area contributed by atoms with E-state index in [-0.39, 0.29) is 11.6 Å². The van der Waals surface area contributed by atoms with Crippen LogP contribution in [0, 0.1) is 10.1 Å². The number of piperidine rings is 1. The second-order valence-electron chi connectivity index (χ2n) is 10.9. The normalized spacial score (nSPS) is 16.2. The predicted octanol–water partition coefficient (Wildman–Crippen LogP) is 6.02. The minimum absolute atomic E-state index is 0.0302. The molecule has 0 aliphatic carbocycles. The van der Waals surface area contributed by atoms with Crippen molar-refractivity contribution in [2.24, 2.45) is 4.99 Å². The number of benzene rings is 3. The molecule has 1 aromatic heterocycles. The van der Waals surface area contributed by atoms with E-state index in [1.807, 2.05) is 18.2 Å². The van der Waals surface area contributed by atoms with Crippen molar-refractivity contribution >= 4 is 28.0 Å². The van der Waals surface area contributed by atoms with Crippen LogP contribution in [0.3, 0.4) is 0 Å². The van der Waals surface area contributed by atoms with Crippen molar-refractivity contribution < 1.29 is 10.0 Å². The first kappa shape index (κ1) is 26.2. The number of nitrogens with zero attached hydrogens (tertiary/aromatic N) is 3. The molecular formula is C32H35N5O3. The summed E-state index contributed by atoms with van der Waals surface area (Å²) in [5, 5.41) is 26.6. The summed E-state index contributed by atoms with van der Waals surface area (Å²) in [6.07, 6.45) is 7.03. The molecule has 3 aromatic carbocycles. The zero-order valence-electron chi connectivity index (χ0n) is 22.7. The highest BCUT2D eigenvalue weighted by Crippen LogP contribution is 2.34. The lowest BCUT2D eigenvalue weighted by atomic mass is 9.97. The summed E-state index contributed by atoms with van der Waals surface area (Å²) in [6, 6.07) is 19.1. The molecule has 0 atom stereocenters. The summed E-state index contributed by atoms with van der Waals surface area (Å²) in [5.74, 6) is -0.0537. The van der Waals surface area contributed by atoms with Gasteiger partial charge in [0.2, 0.25) is 0 Å². The van der Waals surface area contributed by atoms with E-state index in [0.717, 1.165) is 50.1 Å². The SMILES string of the molecule is O=[N+]([O-])c1ccc2[nH]c(O)c(C(=Nc3ccc4c(c3)CCNC4)c3ccc(CCCN4CCCCC4)cc3)c2c1. The number of non-ortho nitro benzene ring substituents is 1. The summed E-state index contributed by atoms with van der Waals surface area (Å²) in [4.78, 5) is 21.7. The Bertz CT molecular complexity index is 1550. The summed E-state index contributed by atoms with van der Waals surface area (Å²) in [6.45, 7) is 5.33. The van der Waals surface area contributed by atoms with E-state index in [9.17, 15) is 15.2 Å². The number of hydrogen-bond acceptors (Lipinski definition) is 6. The van der Waals surface area contributed by atoms with Crippen LogP contribution in [-0.2, 0) is 19.4 Å². The van der Waals surface area contributed by atoms with Crippen LogP contribution in [0.2, 0.25) is 0 Å². The Morgan fingerprint density at radius 3 is 2.62 bits per heavy atom. The highest BCUT2D eigenvalue weighted by atomic mass is 16.6. The Labute approximate surface area is 233 Å². The molecule has 0 bridgehead atoms. The van der Waals surface area contributed by atoms with Gasteiger partial charge in [-0.3, -0.25) is 10.1 Å². The number of fused-ring (bicyclic) bond motifs is 2. The van der Waals surface area contributed by atoms with Crippen molar-refractivity contribution in [3.8, 4) is 5.88 Å². The second kappa shape index (κ2) is 11.6. The number of aromatic hydroxyl groups is 1. The standard InChI is InChI=1S/C32H35N5O3/c38-32-30(28-20-27(37(39)40)12-13-29(28)35-32)31(34-26-11-10-25-21-33-15-14-24(25)19-26)23-8-6-22(7-9-23)5-4-18-36-16-2-1-3-17-36/h6-13,19-20,33,35,38H,1-5,14-18,21H2. The third-order valence-corrected chi connectivity index (χ3v) is 8.14. The van der Waals surface area contributed by atoms with Gasteiger partial charge in [0.25, 0.3) is 5.69 Å². The van der Waals surface area contributed by atoms with Gasteiger partial charge in [-0.2, -0.15) is 0 Å². The number of rotatable bonds is 8. The molecule has 8 heteroatoms. The molecule has 3 N–H and O–H groups in total. The highest BCUT2D eigenvalue weighted by Gasteiger charge is 2.21. The third-order valence-electron chi connectivity index (χ3n) is 8.14. The largest absolute Gasteiger partial charge is 0.494 e. The van der Waals surface area contributed by atoms with Gasteiger partial charge in [0, 0.05) is 35.1 Å². The fourth-order valence-corrected chi connectivity index (χ4v) is 5.97. The quantitative estimate of drug-likeness (QED) is 0.145. The third kappa shape index (κ3) is 5.64. The number of aromatic amines is 1. The van der Waals surface area contributed by atoms with Crippen LogP contribution >= 0.6 is 0 Å². The number of aryl methyl sites for hydroxylation is 1. The van der Waals surface area contributed by atoms with E-state index in [0.29, 0.717) is 22.2 Å². The summed E-state index contributed by atoms with van der Waals surface area (Å²) < 4.78 is 0. The average Bonchev–Trinajstić information content (AvgIpc) is 3.31. The van der Waals surface area contributed by atoms with Crippen molar-refractivity contribution in [2.45, 2.75) is 45.1 Å². The minimum atomic E-state index is -0.416. The first-order chi connectivity index (χ1) is 19.5. The maximum Gasteiger partial charge on any atom is 0.270 e. The van der Waals surface area contributed by atoms with Crippen LogP contribution in [0.5, 0.6) is 5.88 Å². The molecule has 40 heavy (non-hydrogen) atoms. The van der Waals surface area contributed by atoms with Crippen molar-refractivity contribution in [1.82, 2.24) is 15.2 Å². The fraction of sp³-hybridized carbons (Fsp3) is 0.344. The smallest absolute Gasteiger partial charge is 0.270 e. The van der Waals surface area contributed by atoms with Gasteiger partial charge in [-0.25, -0.2) is 4.99 Å². The number of aliphatic imine (C=N–C) groups is 1. The molecule has 0 saturated carbocycles. The van der Waals surface area contributed by atoms with E-state index in [1.165, 1.54) is 61.2 Å². The van der Waals surface area contributed by atoms with Gasteiger partial charge in [-0.1, -0.05) is 36.8 Å². The van der Waals surface area contributed by atoms with Crippen LogP contribution in [0.4, 0.5) is 11.4 Å². The Kier molecular flexibility index (Phi) is 7.62. The van der Waals surface area contributed by atoms with Crippen molar-refractivity contribution in [1.29, 1.82) is 0 Å². The Hall–Kier alpha value is -4.01. The molecule has 6 rings (SSSR count). The van der Waals surface area contributed by atoms with Gasteiger partial charge in [0.05, 0.1) is 21.9 Å². The number of nitro groups is 1. The Balaban J connectivity index is 1.36. The number of hydrogen-bond donors (Lipinski definition) is 3. The first-order valence-corrected chi connectivity index (χ1v) is 14.3. The van der Waals surface area contributed by atoms with Gasteiger partial charge in [0.1, 0.15) is 0 Å². The fourth-order valence-electron chi connectivity index (χ4n) is 5.97. The lowest BCUT2D eigenvalue weighted by Gasteiger charge is -2.26. The molecule has 0 amide bonds. The van der Waals surface area contributed by atoms with E-state index < -0.39 is 4.92 Å².